The number of aromatic nitrogens is 1. The van der Waals surface area contributed by atoms with Crippen LogP contribution in [-0.2, 0) is 16.0 Å². The van der Waals surface area contributed by atoms with Gasteiger partial charge in [-0.15, -0.1) is 0 Å². The third kappa shape index (κ3) is 2.60. The normalized spacial score (nSPS) is 21.6. The fourth-order valence-electron chi connectivity index (χ4n) is 4.99. The van der Waals surface area contributed by atoms with E-state index in [0.29, 0.717) is 31.6 Å². The standard InChI is InChI=1S/C21H25N3O4/c1-3-13-14-6-4-5-7-16(14)22-18(13)19(26)24-10-8-21(9-11-24)15(20(27)28)12-17(25)23(21)2/h4-7,15,22H,3,8-12H2,1-2H3,(H,27,28)/t15-/m1/s1. The second-order valence-corrected chi connectivity index (χ2v) is 7.82. The largest absolute Gasteiger partial charge is 0.481 e. The number of aryl methyl sites for hydroxylation is 1. The summed E-state index contributed by atoms with van der Waals surface area (Å²) in [7, 11) is 1.69. The maximum absolute atomic E-state index is 13.2. The monoisotopic (exact) mass is 383 g/mol. The molecule has 1 aromatic heterocycles. The van der Waals surface area contributed by atoms with Gasteiger partial charge in [-0.1, -0.05) is 25.1 Å². The summed E-state index contributed by atoms with van der Waals surface area (Å²) in [5.74, 6) is -1.82. The topological polar surface area (TPSA) is 93.7 Å². The predicted molar refractivity (Wildman–Crippen MR) is 104 cm³/mol. The first-order valence-corrected chi connectivity index (χ1v) is 9.77. The van der Waals surface area contributed by atoms with E-state index in [0.717, 1.165) is 22.9 Å². The Kier molecular flexibility index (Phi) is 4.40. The highest BCUT2D eigenvalue weighted by molar-refractivity contribution is 6.01. The molecule has 0 saturated carbocycles. The SMILES string of the molecule is CCc1c(C(=O)N2CCC3(CC2)[C@@H](C(=O)O)CC(=O)N3C)[nH]c2ccccc12. The predicted octanol–water partition coefficient (Wildman–Crippen LogP) is 2.27. The van der Waals surface area contributed by atoms with Gasteiger partial charge in [0.1, 0.15) is 5.69 Å². The van der Waals surface area contributed by atoms with Crippen LogP contribution in [0.1, 0.15) is 42.2 Å². The highest BCUT2D eigenvalue weighted by atomic mass is 16.4. The van der Waals surface area contributed by atoms with E-state index < -0.39 is 17.4 Å². The van der Waals surface area contributed by atoms with Crippen LogP contribution < -0.4 is 0 Å². The minimum Gasteiger partial charge on any atom is -0.481 e. The summed E-state index contributed by atoms with van der Waals surface area (Å²) in [5.41, 5.74) is 1.89. The Morgan fingerprint density at radius 3 is 2.57 bits per heavy atom. The van der Waals surface area contributed by atoms with Crippen LogP contribution in [0.15, 0.2) is 24.3 Å². The molecule has 148 valence electrons. The summed E-state index contributed by atoms with van der Waals surface area (Å²) < 4.78 is 0. The number of fused-ring (bicyclic) bond motifs is 1. The average Bonchev–Trinajstić information content (AvgIpc) is 3.19. The van der Waals surface area contributed by atoms with E-state index in [1.54, 1.807) is 16.8 Å². The lowest BCUT2D eigenvalue weighted by molar-refractivity contribution is -0.145. The molecule has 2 aliphatic heterocycles. The second-order valence-electron chi connectivity index (χ2n) is 7.82. The summed E-state index contributed by atoms with van der Waals surface area (Å²) >= 11 is 0. The quantitative estimate of drug-likeness (QED) is 0.850. The number of benzene rings is 1. The molecule has 0 unspecified atom stereocenters. The Bertz CT molecular complexity index is 956. The van der Waals surface area contributed by atoms with Crippen molar-refractivity contribution < 1.29 is 19.5 Å². The molecule has 7 nitrogen and oxygen atoms in total. The van der Waals surface area contributed by atoms with Crippen LogP contribution in [-0.4, -0.2) is 63.4 Å². The summed E-state index contributed by atoms with van der Waals surface area (Å²) in [4.78, 5) is 43.7. The van der Waals surface area contributed by atoms with E-state index in [9.17, 15) is 19.5 Å². The van der Waals surface area contributed by atoms with Crippen LogP contribution >= 0.6 is 0 Å². The minimum atomic E-state index is -0.929. The highest BCUT2D eigenvalue weighted by Gasteiger charge is 2.55. The van der Waals surface area contributed by atoms with Gasteiger partial charge < -0.3 is 19.9 Å². The Morgan fingerprint density at radius 1 is 1.25 bits per heavy atom. The number of amides is 2. The molecule has 3 heterocycles. The van der Waals surface area contributed by atoms with Crippen molar-refractivity contribution in [3.8, 4) is 0 Å². The lowest BCUT2D eigenvalue weighted by atomic mass is 9.77. The van der Waals surface area contributed by atoms with E-state index in [-0.39, 0.29) is 18.2 Å². The maximum Gasteiger partial charge on any atom is 0.309 e. The number of piperidine rings is 1. The van der Waals surface area contributed by atoms with Crippen molar-refractivity contribution in [1.29, 1.82) is 0 Å². The lowest BCUT2D eigenvalue weighted by Gasteiger charge is -2.45. The van der Waals surface area contributed by atoms with Gasteiger partial charge in [0.15, 0.2) is 0 Å². The molecule has 2 fully saturated rings. The molecule has 2 aliphatic rings. The number of aliphatic carboxylic acids is 1. The van der Waals surface area contributed by atoms with Crippen LogP contribution in [0, 0.1) is 5.92 Å². The number of para-hydroxylation sites is 1. The molecular formula is C21H25N3O4. The van der Waals surface area contributed by atoms with Gasteiger partial charge in [0.05, 0.1) is 11.5 Å². The first kappa shape index (κ1) is 18.5. The Labute approximate surface area is 163 Å². The molecule has 0 bridgehead atoms. The number of carbonyl (C=O) groups excluding carboxylic acids is 2. The van der Waals surface area contributed by atoms with Gasteiger partial charge in [0.2, 0.25) is 5.91 Å². The number of carbonyl (C=O) groups is 3. The highest BCUT2D eigenvalue weighted by Crippen LogP contribution is 2.43. The van der Waals surface area contributed by atoms with E-state index in [1.165, 1.54) is 0 Å². The van der Waals surface area contributed by atoms with Crippen molar-refractivity contribution in [2.75, 3.05) is 20.1 Å². The van der Waals surface area contributed by atoms with Gasteiger partial charge in [-0.3, -0.25) is 14.4 Å². The van der Waals surface area contributed by atoms with Crippen LogP contribution in [0.2, 0.25) is 0 Å². The van der Waals surface area contributed by atoms with E-state index in [4.69, 9.17) is 0 Å². The van der Waals surface area contributed by atoms with Crippen LogP contribution in [0.5, 0.6) is 0 Å². The molecule has 2 amide bonds. The fraction of sp³-hybridized carbons (Fsp3) is 0.476. The van der Waals surface area contributed by atoms with Gasteiger partial charge in [-0.2, -0.15) is 0 Å². The van der Waals surface area contributed by atoms with Crippen LogP contribution in [0.4, 0.5) is 0 Å². The summed E-state index contributed by atoms with van der Waals surface area (Å²) in [5, 5.41) is 10.7. The molecule has 7 heteroatoms. The number of likely N-dealkylation sites (tertiary alicyclic amines) is 2. The number of hydrogen-bond acceptors (Lipinski definition) is 3. The van der Waals surface area contributed by atoms with Crippen molar-refractivity contribution in [3.05, 3.63) is 35.5 Å². The van der Waals surface area contributed by atoms with Gasteiger partial charge in [-0.25, -0.2) is 0 Å². The minimum absolute atomic E-state index is 0.0434. The zero-order chi connectivity index (χ0) is 20.1. The van der Waals surface area contributed by atoms with Crippen molar-refractivity contribution in [3.63, 3.8) is 0 Å². The van der Waals surface area contributed by atoms with Crippen molar-refractivity contribution >= 4 is 28.7 Å². The zero-order valence-corrected chi connectivity index (χ0v) is 16.2. The molecule has 1 spiro atoms. The van der Waals surface area contributed by atoms with E-state index >= 15 is 0 Å². The molecule has 1 aromatic carbocycles. The first-order chi connectivity index (χ1) is 13.4. The smallest absolute Gasteiger partial charge is 0.309 e. The number of rotatable bonds is 3. The number of hydrogen-bond donors (Lipinski definition) is 2. The number of nitrogens with one attached hydrogen (secondary N) is 1. The van der Waals surface area contributed by atoms with Crippen molar-refractivity contribution in [2.24, 2.45) is 5.92 Å². The average molecular weight is 383 g/mol. The molecule has 1 atom stereocenters. The molecule has 2 saturated heterocycles. The zero-order valence-electron chi connectivity index (χ0n) is 16.2. The van der Waals surface area contributed by atoms with E-state index in [2.05, 4.69) is 4.98 Å². The third-order valence-corrected chi connectivity index (χ3v) is 6.67. The second kappa shape index (κ2) is 6.65. The van der Waals surface area contributed by atoms with Crippen LogP contribution in [0.3, 0.4) is 0 Å². The van der Waals surface area contributed by atoms with Gasteiger partial charge in [-0.05, 0) is 30.9 Å². The maximum atomic E-state index is 13.2. The summed E-state index contributed by atoms with van der Waals surface area (Å²) in [6.07, 6.45) is 1.77. The summed E-state index contributed by atoms with van der Waals surface area (Å²) in [6.45, 7) is 2.92. The molecule has 28 heavy (non-hydrogen) atoms. The Morgan fingerprint density at radius 2 is 1.93 bits per heavy atom. The number of carboxylic acid groups (broad SMARTS) is 1. The van der Waals surface area contributed by atoms with Gasteiger partial charge in [0.25, 0.3) is 5.91 Å². The molecule has 0 radical (unpaired) electrons. The Hall–Kier alpha value is -2.83. The molecule has 2 aromatic rings. The molecule has 4 rings (SSSR count). The van der Waals surface area contributed by atoms with Crippen molar-refractivity contribution in [2.45, 2.75) is 38.1 Å². The molecular weight excluding hydrogens is 358 g/mol. The molecule has 2 N–H and O–H groups in total. The number of H-pyrrole nitrogens is 1. The number of nitrogens with zero attached hydrogens (tertiary/aromatic N) is 2. The third-order valence-electron chi connectivity index (χ3n) is 6.67. The first-order valence-electron chi connectivity index (χ1n) is 9.77. The molecule has 0 aliphatic carbocycles. The fourth-order valence-corrected chi connectivity index (χ4v) is 4.99. The van der Waals surface area contributed by atoms with E-state index in [1.807, 2.05) is 31.2 Å². The summed E-state index contributed by atoms with van der Waals surface area (Å²) in [6, 6.07) is 7.89. The number of aromatic amines is 1. The van der Waals surface area contributed by atoms with Gasteiger partial charge in [0, 0.05) is 37.5 Å². The van der Waals surface area contributed by atoms with Gasteiger partial charge >= 0.3 is 5.97 Å². The number of carboxylic acids is 1. The van der Waals surface area contributed by atoms with Crippen LogP contribution in [0.25, 0.3) is 10.9 Å². The Balaban J connectivity index is 1.58. The van der Waals surface area contributed by atoms with Crippen molar-refractivity contribution in [1.82, 2.24) is 14.8 Å². The lowest BCUT2D eigenvalue weighted by Crippen LogP contribution is -2.57.